The van der Waals surface area contributed by atoms with Crippen LogP contribution in [0.25, 0.3) is 0 Å². The average Bonchev–Trinajstić information content (AvgIpc) is 2.75. The summed E-state index contributed by atoms with van der Waals surface area (Å²) in [5, 5.41) is 3.38. The van der Waals surface area contributed by atoms with Crippen LogP contribution in [0.5, 0.6) is 0 Å². The molecule has 2 rings (SSSR count). The molecule has 100 valence electrons. The monoisotopic (exact) mass is 265 g/mol. The molecule has 0 radical (unpaired) electrons. The maximum absolute atomic E-state index is 4.77. The fraction of sp³-hybridized carbons (Fsp3) is 0.714. The van der Waals surface area contributed by atoms with E-state index in [0.717, 1.165) is 30.6 Å². The van der Waals surface area contributed by atoms with E-state index in [4.69, 9.17) is 9.97 Å². The first-order valence-electron chi connectivity index (χ1n) is 6.75. The quantitative estimate of drug-likeness (QED) is 0.888. The lowest BCUT2D eigenvalue weighted by Gasteiger charge is -2.12. The highest BCUT2D eigenvalue weighted by molar-refractivity contribution is 7.98. The Hall–Kier alpha value is -0.610. The van der Waals surface area contributed by atoms with E-state index in [0.29, 0.717) is 5.92 Å². The van der Waals surface area contributed by atoms with Gasteiger partial charge in [0.1, 0.15) is 5.82 Å². The van der Waals surface area contributed by atoms with Crippen molar-refractivity contribution in [1.82, 2.24) is 15.3 Å². The molecule has 0 bridgehead atoms. The Labute approximate surface area is 114 Å². The summed E-state index contributed by atoms with van der Waals surface area (Å²) < 4.78 is 0. The number of fused-ring (bicyclic) bond motifs is 1. The lowest BCUT2D eigenvalue weighted by molar-refractivity contribution is 0.745. The number of rotatable bonds is 5. The van der Waals surface area contributed by atoms with Crippen LogP contribution in [0.15, 0.2) is 0 Å². The van der Waals surface area contributed by atoms with Crippen molar-refractivity contribution < 1.29 is 0 Å². The zero-order chi connectivity index (χ0) is 13.1. The van der Waals surface area contributed by atoms with Gasteiger partial charge in [0.25, 0.3) is 0 Å². The predicted octanol–water partition coefficient (Wildman–Crippen LogP) is 3.09. The number of aromatic nitrogens is 2. The summed E-state index contributed by atoms with van der Waals surface area (Å²) in [6.07, 6.45) is 0. The van der Waals surface area contributed by atoms with Crippen LogP contribution in [0.4, 0.5) is 0 Å². The molecule has 0 aromatic carbocycles. The van der Waals surface area contributed by atoms with Gasteiger partial charge in [0.15, 0.2) is 0 Å². The summed E-state index contributed by atoms with van der Waals surface area (Å²) in [5.74, 6) is 4.33. The molecule has 2 heterocycles. The van der Waals surface area contributed by atoms with E-state index >= 15 is 0 Å². The van der Waals surface area contributed by atoms with Crippen molar-refractivity contribution in [1.29, 1.82) is 0 Å². The Bertz CT molecular complexity index is 416. The molecule has 4 heteroatoms. The highest BCUT2D eigenvalue weighted by atomic mass is 32.2. The summed E-state index contributed by atoms with van der Waals surface area (Å²) in [7, 11) is 0. The van der Waals surface area contributed by atoms with Crippen molar-refractivity contribution in [3.05, 3.63) is 22.8 Å². The van der Waals surface area contributed by atoms with E-state index in [-0.39, 0.29) is 0 Å². The van der Waals surface area contributed by atoms with Crippen LogP contribution in [0, 0.1) is 5.92 Å². The van der Waals surface area contributed by atoms with Gasteiger partial charge < -0.3 is 5.32 Å². The summed E-state index contributed by atoms with van der Waals surface area (Å²) in [6.45, 7) is 10.8. The second-order valence-electron chi connectivity index (χ2n) is 5.62. The highest BCUT2D eigenvalue weighted by Gasteiger charge is 2.20. The molecule has 0 aliphatic carbocycles. The maximum Gasteiger partial charge on any atom is 0.138 e. The van der Waals surface area contributed by atoms with E-state index < -0.39 is 0 Å². The van der Waals surface area contributed by atoms with E-state index in [1.807, 2.05) is 11.8 Å². The van der Waals surface area contributed by atoms with Gasteiger partial charge in [-0.1, -0.05) is 27.7 Å². The van der Waals surface area contributed by atoms with Gasteiger partial charge in [-0.3, -0.25) is 0 Å². The first-order chi connectivity index (χ1) is 8.58. The third kappa shape index (κ3) is 3.23. The SMILES string of the molecule is CC(C)CSCc1nc2c(c(C(C)C)n1)CNC2. The lowest BCUT2D eigenvalue weighted by Crippen LogP contribution is -2.07. The summed E-state index contributed by atoms with van der Waals surface area (Å²) in [6, 6.07) is 0. The van der Waals surface area contributed by atoms with Crippen molar-refractivity contribution in [2.24, 2.45) is 5.92 Å². The topological polar surface area (TPSA) is 37.8 Å². The molecule has 0 atom stereocenters. The molecule has 1 aromatic heterocycles. The van der Waals surface area contributed by atoms with Crippen LogP contribution in [-0.4, -0.2) is 15.7 Å². The number of hydrogen-bond donors (Lipinski definition) is 1. The molecule has 0 fully saturated rings. The van der Waals surface area contributed by atoms with Crippen LogP contribution in [-0.2, 0) is 18.8 Å². The maximum atomic E-state index is 4.77. The molecule has 18 heavy (non-hydrogen) atoms. The van der Waals surface area contributed by atoms with Gasteiger partial charge in [0.2, 0.25) is 0 Å². The molecule has 1 aliphatic rings. The molecule has 0 spiro atoms. The second kappa shape index (κ2) is 6.02. The first kappa shape index (κ1) is 13.8. The molecule has 0 amide bonds. The minimum atomic E-state index is 0.482. The number of thioether (sulfide) groups is 1. The minimum absolute atomic E-state index is 0.482. The first-order valence-corrected chi connectivity index (χ1v) is 7.90. The Morgan fingerprint density at radius 3 is 2.61 bits per heavy atom. The molecular formula is C14H23N3S. The molecule has 0 saturated carbocycles. The van der Waals surface area contributed by atoms with Crippen molar-refractivity contribution >= 4 is 11.8 Å². The highest BCUT2D eigenvalue weighted by Crippen LogP contribution is 2.24. The standard InChI is InChI=1S/C14H23N3S/c1-9(2)7-18-8-13-16-12-6-15-5-11(12)14(17-13)10(3)4/h9-10,15H,5-8H2,1-4H3. The van der Waals surface area contributed by atoms with Gasteiger partial charge in [0.05, 0.1) is 17.1 Å². The molecule has 3 nitrogen and oxygen atoms in total. The van der Waals surface area contributed by atoms with E-state index in [9.17, 15) is 0 Å². The second-order valence-corrected chi connectivity index (χ2v) is 6.65. The van der Waals surface area contributed by atoms with Crippen LogP contribution >= 0.6 is 11.8 Å². The molecule has 1 N–H and O–H groups in total. The predicted molar refractivity (Wildman–Crippen MR) is 77.7 cm³/mol. The largest absolute Gasteiger partial charge is 0.307 e. The number of nitrogens with zero attached hydrogens (tertiary/aromatic N) is 2. The van der Waals surface area contributed by atoms with E-state index in [2.05, 4.69) is 33.0 Å². The third-order valence-corrected chi connectivity index (χ3v) is 4.36. The molecule has 0 saturated heterocycles. The molecule has 1 aliphatic heterocycles. The molecule has 1 aromatic rings. The Kier molecular flexibility index (Phi) is 4.62. The zero-order valence-corrected chi connectivity index (χ0v) is 12.6. The average molecular weight is 265 g/mol. The van der Waals surface area contributed by atoms with Gasteiger partial charge in [-0.25, -0.2) is 9.97 Å². The summed E-state index contributed by atoms with van der Waals surface area (Å²) >= 11 is 1.93. The van der Waals surface area contributed by atoms with E-state index in [1.165, 1.54) is 22.7 Å². The van der Waals surface area contributed by atoms with Gasteiger partial charge in [0, 0.05) is 18.7 Å². The molecule has 0 unspecified atom stereocenters. The number of hydrogen-bond acceptors (Lipinski definition) is 4. The minimum Gasteiger partial charge on any atom is -0.307 e. The van der Waals surface area contributed by atoms with Gasteiger partial charge in [-0.15, -0.1) is 0 Å². The Morgan fingerprint density at radius 2 is 1.94 bits per heavy atom. The van der Waals surface area contributed by atoms with Gasteiger partial charge >= 0.3 is 0 Å². The summed E-state index contributed by atoms with van der Waals surface area (Å²) in [4.78, 5) is 9.47. The van der Waals surface area contributed by atoms with Crippen molar-refractivity contribution in [2.45, 2.75) is 52.5 Å². The van der Waals surface area contributed by atoms with Crippen LogP contribution in [0.2, 0.25) is 0 Å². The fourth-order valence-corrected chi connectivity index (χ4v) is 3.08. The van der Waals surface area contributed by atoms with E-state index in [1.54, 1.807) is 0 Å². The lowest BCUT2D eigenvalue weighted by atomic mass is 10.0. The van der Waals surface area contributed by atoms with Crippen molar-refractivity contribution in [3.63, 3.8) is 0 Å². The van der Waals surface area contributed by atoms with Crippen molar-refractivity contribution in [3.8, 4) is 0 Å². The zero-order valence-electron chi connectivity index (χ0n) is 11.8. The Balaban J connectivity index is 2.14. The summed E-state index contributed by atoms with van der Waals surface area (Å²) in [5.41, 5.74) is 3.79. The van der Waals surface area contributed by atoms with Crippen molar-refractivity contribution in [2.75, 3.05) is 5.75 Å². The third-order valence-electron chi connectivity index (χ3n) is 2.99. The van der Waals surface area contributed by atoms with Gasteiger partial charge in [-0.05, 0) is 17.6 Å². The smallest absolute Gasteiger partial charge is 0.138 e. The van der Waals surface area contributed by atoms with Crippen LogP contribution in [0.3, 0.4) is 0 Å². The number of nitrogens with one attached hydrogen (secondary N) is 1. The fourth-order valence-electron chi connectivity index (χ4n) is 2.18. The van der Waals surface area contributed by atoms with Crippen LogP contribution in [0.1, 0.15) is 56.4 Å². The molecular weight excluding hydrogens is 242 g/mol. The normalized spacial score (nSPS) is 14.6. The Morgan fingerprint density at radius 1 is 1.17 bits per heavy atom. The van der Waals surface area contributed by atoms with Crippen LogP contribution < -0.4 is 5.32 Å². The van der Waals surface area contributed by atoms with Gasteiger partial charge in [-0.2, -0.15) is 11.8 Å².